The highest BCUT2D eigenvalue weighted by Crippen LogP contribution is 2.69. The highest BCUT2D eigenvalue weighted by atomic mass is 16.7. The SMILES string of the molecule is CCCC(=O)O[C@H]1C(OC(C)=O)C/C(C)=C\[C@@H]2OC(=O)[C@]3(C)OC23[C@@H](O)C2C3(C)OC3CC(OC(C)=O)[C@@]21C. The van der Waals surface area contributed by atoms with Crippen LogP contribution in [0.4, 0.5) is 0 Å². The van der Waals surface area contributed by atoms with Crippen molar-refractivity contribution in [2.24, 2.45) is 11.3 Å². The molecular weight excluding hydrogens is 512 g/mol. The minimum absolute atomic E-state index is 0.117. The predicted molar refractivity (Wildman–Crippen MR) is 132 cm³/mol. The van der Waals surface area contributed by atoms with Gasteiger partial charge in [0.05, 0.1) is 23.2 Å². The van der Waals surface area contributed by atoms with Crippen LogP contribution in [0.25, 0.3) is 0 Å². The van der Waals surface area contributed by atoms with Gasteiger partial charge in [0.1, 0.15) is 18.3 Å². The fourth-order valence-corrected chi connectivity index (χ4v) is 7.63. The van der Waals surface area contributed by atoms with Crippen molar-refractivity contribution in [1.82, 2.24) is 0 Å². The molecule has 6 unspecified atom stereocenters. The second-order valence-corrected chi connectivity index (χ2v) is 12.2. The van der Waals surface area contributed by atoms with Gasteiger partial charge < -0.3 is 33.5 Å². The fraction of sp³-hybridized carbons (Fsp3) is 0.786. The minimum Gasteiger partial charge on any atom is -0.462 e. The van der Waals surface area contributed by atoms with Crippen molar-refractivity contribution in [3.8, 4) is 0 Å². The van der Waals surface area contributed by atoms with E-state index in [9.17, 15) is 24.3 Å². The Kier molecular flexibility index (Phi) is 6.48. The van der Waals surface area contributed by atoms with Gasteiger partial charge in [-0.15, -0.1) is 0 Å². The topological polar surface area (TPSA) is 150 Å². The molecule has 0 amide bonds. The lowest BCUT2D eigenvalue weighted by molar-refractivity contribution is -0.225. The van der Waals surface area contributed by atoms with E-state index in [1.165, 1.54) is 13.8 Å². The third-order valence-electron chi connectivity index (χ3n) is 9.51. The van der Waals surface area contributed by atoms with Crippen LogP contribution < -0.4 is 0 Å². The lowest BCUT2D eigenvalue weighted by atomic mass is 9.53. The molecule has 0 aromatic heterocycles. The number of epoxide rings is 2. The van der Waals surface area contributed by atoms with Crippen molar-refractivity contribution in [1.29, 1.82) is 0 Å². The van der Waals surface area contributed by atoms with Gasteiger partial charge in [0.15, 0.2) is 17.3 Å². The maximum Gasteiger partial charge on any atom is 0.342 e. The van der Waals surface area contributed by atoms with Gasteiger partial charge >= 0.3 is 23.9 Å². The maximum absolute atomic E-state index is 13.1. The first-order valence-corrected chi connectivity index (χ1v) is 13.6. The summed E-state index contributed by atoms with van der Waals surface area (Å²) in [5, 5.41) is 12.3. The van der Waals surface area contributed by atoms with Gasteiger partial charge in [-0.1, -0.05) is 19.4 Å². The van der Waals surface area contributed by atoms with E-state index < -0.39 is 82.5 Å². The molecule has 1 saturated carbocycles. The van der Waals surface area contributed by atoms with Gasteiger partial charge in [0, 0.05) is 39.0 Å². The molecule has 0 aromatic carbocycles. The van der Waals surface area contributed by atoms with Gasteiger partial charge in [0.2, 0.25) is 0 Å². The fourth-order valence-electron chi connectivity index (χ4n) is 7.63. The summed E-state index contributed by atoms with van der Waals surface area (Å²) in [6.07, 6.45) is -2.90. The monoisotopic (exact) mass is 550 g/mol. The molecule has 11 heteroatoms. The van der Waals surface area contributed by atoms with Crippen molar-refractivity contribution in [3.05, 3.63) is 11.6 Å². The van der Waals surface area contributed by atoms with Crippen LogP contribution in [0.3, 0.4) is 0 Å². The Bertz CT molecular complexity index is 1130. The number of fused-ring (bicyclic) bond motifs is 3. The lowest BCUT2D eigenvalue weighted by Gasteiger charge is -2.54. The minimum atomic E-state index is -1.43. The number of rotatable bonds is 5. The Morgan fingerprint density at radius 1 is 1.10 bits per heavy atom. The van der Waals surface area contributed by atoms with Gasteiger partial charge in [-0.3, -0.25) is 14.4 Å². The van der Waals surface area contributed by atoms with Crippen LogP contribution in [0.5, 0.6) is 0 Å². The average molecular weight is 551 g/mol. The van der Waals surface area contributed by atoms with Crippen molar-refractivity contribution in [2.45, 2.75) is 128 Å². The van der Waals surface area contributed by atoms with Crippen LogP contribution in [0.1, 0.15) is 74.1 Å². The first kappa shape index (κ1) is 28.0. The zero-order valence-electron chi connectivity index (χ0n) is 23.5. The van der Waals surface area contributed by atoms with E-state index in [-0.39, 0.29) is 25.4 Å². The van der Waals surface area contributed by atoms with E-state index in [1.807, 2.05) is 13.8 Å². The number of ether oxygens (including phenoxy) is 6. The molecule has 0 bridgehead atoms. The molecule has 4 fully saturated rings. The van der Waals surface area contributed by atoms with E-state index in [2.05, 4.69) is 0 Å². The number of hydrogen-bond acceptors (Lipinski definition) is 11. The molecule has 2 aliphatic carbocycles. The first-order chi connectivity index (χ1) is 18.1. The van der Waals surface area contributed by atoms with E-state index in [0.717, 1.165) is 0 Å². The summed E-state index contributed by atoms with van der Waals surface area (Å²) in [6, 6.07) is 0. The Morgan fingerprint density at radius 2 is 1.77 bits per heavy atom. The Hall–Kier alpha value is -2.50. The summed E-state index contributed by atoms with van der Waals surface area (Å²) >= 11 is 0. The van der Waals surface area contributed by atoms with Crippen LogP contribution in [-0.4, -0.2) is 82.4 Å². The van der Waals surface area contributed by atoms with Gasteiger partial charge in [0.25, 0.3) is 0 Å². The standard InChI is InChI=1S/C28H38O11/c1-8-9-20(31)37-23-16(34-14(3)29)10-13(2)11-19-28(27(7,39-28)24(33)36-19)22(32)21-25(23,5)17(35-15(4)30)12-18-26(21,6)38-18/h11,16-19,21-23,32H,8-10,12H2,1-7H3/b13-11-/t16?,17?,18?,19-,21?,22-,23-,25-,26?,27-,28?/m0/s1. The molecule has 3 aliphatic heterocycles. The van der Waals surface area contributed by atoms with Crippen LogP contribution in [0, 0.1) is 11.3 Å². The molecule has 11 nitrogen and oxygen atoms in total. The second kappa shape index (κ2) is 9.01. The third-order valence-corrected chi connectivity index (χ3v) is 9.51. The van der Waals surface area contributed by atoms with Gasteiger partial charge in [-0.25, -0.2) is 4.79 Å². The summed E-state index contributed by atoms with van der Waals surface area (Å²) in [4.78, 5) is 50.7. The summed E-state index contributed by atoms with van der Waals surface area (Å²) in [5.41, 5.74) is -4.41. The molecule has 216 valence electrons. The molecule has 5 rings (SSSR count). The van der Waals surface area contributed by atoms with Crippen LogP contribution in [0.15, 0.2) is 11.6 Å². The molecule has 11 atom stereocenters. The largest absolute Gasteiger partial charge is 0.462 e. The van der Waals surface area contributed by atoms with E-state index in [1.54, 1.807) is 26.8 Å². The summed E-state index contributed by atoms with van der Waals surface area (Å²) in [6.45, 7) is 11.4. The van der Waals surface area contributed by atoms with Crippen molar-refractivity contribution < 1.29 is 52.7 Å². The van der Waals surface area contributed by atoms with Crippen LogP contribution in [-0.2, 0) is 47.6 Å². The van der Waals surface area contributed by atoms with Gasteiger partial charge in [-0.2, -0.15) is 0 Å². The molecule has 0 radical (unpaired) electrons. The number of carbonyl (C=O) groups is 4. The Morgan fingerprint density at radius 3 is 2.36 bits per heavy atom. The summed E-state index contributed by atoms with van der Waals surface area (Å²) < 4.78 is 35.7. The molecule has 0 aromatic rings. The molecule has 3 saturated heterocycles. The molecule has 3 heterocycles. The lowest BCUT2D eigenvalue weighted by Crippen LogP contribution is -2.67. The molecule has 1 N–H and O–H groups in total. The Balaban J connectivity index is 1.74. The van der Waals surface area contributed by atoms with Crippen LogP contribution in [0.2, 0.25) is 0 Å². The quantitative estimate of drug-likeness (QED) is 0.231. The molecule has 39 heavy (non-hydrogen) atoms. The van der Waals surface area contributed by atoms with E-state index in [0.29, 0.717) is 12.0 Å². The number of carbonyl (C=O) groups excluding carboxylic acids is 4. The normalized spacial score (nSPS) is 49.0. The predicted octanol–water partition coefficient (Wildman–Crippen LogP) is 1.91. The summed E-state index contributed by atoms with van der Waals surface area (Å²) in [5.74, 6) is -3.13. The highest BCUT2D eigenvalue weighted by molar-refractivity contribution is 5.89. The van der Waals surface area contributed by atoms with Crippen LogP contribution >= 0.6 is 0 Å². The number of aliphatic hydroxyl groups excluding tert-OH is 1. The average Bonchev–Trinajstić information content (AvgIpc) is 3.65. The smallest absolute Gasteiger partial charge is 0.342 e. The zero-order valence-corrected chi connectivity index (χ0v) is 23.5. The number of hydrogen-bond donors (Lipinski definition) is 1. The van der Waals surface area contributed by atoms with E-state index in [4.69, 9.17) is 28.4 Å². The highest BCUT2D eigenvalue weighted by Gasteiger charge is 2.88. The Labute approximate surface area is 227 Å². The van der Waals surface area contributed by atoms with Crippen molar-refractivity contribution >= 4 is 23.9 Å². The van der Waals surface area contributed by atoms with Crippen molar-refractivity contribution in [2.75, 3.05) is 0 Å². The van der Waals surface area contributed by atoms with Gasteiger partial charge in [-0.05, 0) is 33.3 Å². The maximum atomic E-state index is 13.1. The molecule has 1 spiro atoms. The first-order valence-electron chi connectivity index (χ1n) is 13.6. The second-order valence-electron chi connectivity index (χ2n) is 12.2. The number of esters is 4. The number of aliphatic hydroxyl groups is 1. The molecular formula is C28H38O11. The third kappa shape index (κ3) is 3.94. The van der Waals surface area contributed by atoms with Crippen molar-refractivity contribution in [3.63, 3.8) is 0 Å². The van der Waals surface area contributed by atoms with E-state index >= 15 is 0 Å². The molecule has 5 aliphatic rings. The summed E-state index contributed by atoms with van der Waals surface area (Å²) in [7, 11) is 0. The zero-order chi connectivity index (χ0) is 28.7.